The topological polar surface area (TPSA) is 17.8 Å². The van der Waals surface area contributed by atoms with Gasteiger partial charge in [-0.25, -0.2) is 0 Å². The molecule has 0 aliphatic heterocycles. The average molecular weight is 189 g/mol. The molecule has 9 heavy (non-hydrogen) atoms. The first-order valence-corrected chi connectivity index (χ1v) is 3.73. The predicted octanol–water partition coefficient (Wildman–Crippen LogP) is 1.97. The molecule has 0 radical (unpaired) electrons. The van der Waals surface area contributed by atoms with Gasteiger partial charge in [-0.3, -0.25) is 4.68 Å². The fourth-order valence-corrected chi connectivity index (χ4v) is 1.40. The highest BCUT2D eigenvalue weighted by Gasteiger charge is 1.96. The Labute approximate surface area is 63.0 Å². The zero-order chi connectivity index (χ0) is 6.85. The van der Waals surface area contributed by atoms with Gasteiger partial charge in [0.15, 0.2) is 0 Å². The van der Waals surface area contributed by atoms with Gasteiger partial charge in [0, 0.05) is 6.54 Å². The minimum Gasteiger partial charge on any atom is -0.259 e. The summed E-state index contributed by atoms with van der Waals surface area (Å²) >= 11 is 3.38. The van der Waals surface area contributed by atoms with E-state index in [2.05, 4.69) is 28.0 Å². The molecule has 1 aromatic rings. The molecule has 0 atom stereocenters. The molecule has 0 bridgehead atoms. The maximum absolute atomic E-state index is 4.20. The van der Waals surface area contributed by atoms with E-state index in [1.54, 1.807) is 0 Å². The summed E-state index contributed by atoms with van der Waals surface area (Å²) in [5.74, 6) is 0. The van der Waals surface area contributed by atoms with Crippen LogP contribution in [0.2, 0.25) is 0 Å². The molecule has 0 aliphatic carbocycles. The van der Waals surface area contributed by atoms with Crippen LogP contribution >= 0.6 is 15.9 Å². The smallest absolute Gasteiger partial charge is 0.104 e. The monoisotopic (exact) mass is 188 g/mol. The lowest BCUT2D eigenvalue weighted by Gasteiger charge is -1.93. The van der Waals surface area contributed by atoms with E-state index in [0.29, 0.717) is 0 Å². The minimum absolute atomic E-state index is 0.925. The van der Waals surface area contributed by atoms with Crippen LogP contribution in [0.3, 0.4) is 0 Å². The molecular weight excluding hydrogens is 180 g/mol. The van der Waals surface area contributed by atoms with Crippen LogP contribution in [0.5, 0.6) is 0 Å². The van der Waals surface area contributed by atoms with Gasteiger partial charge in [0.25, 0.3) is 0 Å². The van der Waals surface area contributed by atoms with Gasteiger partial charge >= 0.3 is 0 Å². The van der Waals surface area contributed by atoms with E-state index < -0.39 is 0 Å². The number of halogens is 1. The molecule has 0 amide bonds. The number of rotatable bonds is 1. The highest BCUT2D eigenvalue weighted by molar-refractivity contribution is 9.10. The predicted molar refractivity (Wildman–Crippen MR) is 40.3 cm³/mol. The molecule has 0 spiro atoms. The Morgan fingerprint density at radius 1 is 1.78 bits per heavy atom. The number of aryl methyl sites for hydroxylation is 2. The summed E-state index contributed by atoms with van der Waals surface area (Å²) in [6.45, 7) is 4.97. The summed E-state index contributed by atoms with van der Waals surface area (Å²) in [6, 6.07) is 2.00. The molecular formula is C6H9BrN2. The van der Waals surface area contributed by atoms with Gasteiger partial charge in [0.2, 0.25) is 0 Å². The Kier molecular flexibility index (Phi) is 1.90. The van der Waals surface area contributed by atoms with Crippen LogP contribution in [0.15, 0.2) is 10.7 Å². The van der Waals surface area contributed by atoms with Gasteiger partial charge in [-0.15, -0.1) is 0 Å². The molecule has 0 saturated carbocycles. The van der Waals surface area contributed by atoms with Gasteiger partial charge in [-0.1, -0.05) is 0 Å². The second-order valence-electron chi connectivity index (χ2n) is 1.92. The normalized spacial score (nSPS) is 10.1. The highest BCUT2D eigenvalue weighted by atomic mass is 79.9. The molecule has 2 nitrogen and oxygen atoms in total. The number of hydrogen-bond donors (Lipinski definition) is 0. The van der Waals surface area contributed by atoms with Crippen molar-refractivity contribution in [2.75, 3.05) is 0 Å². The molecule has 50 valence electrons. The zero-order valence-electron chi connectivity index (χ0n) is 5.56. The summed E-state index contributed by atoms with van der Waals surface area (Å²) in [4.78, 5) is 0. The summed E-state index contributed by atoms with van der Waals surface area (Å²) in [5.41, 5.74) is 1.06. The lowest BCUT2D eigenvalue weighted by molar-refractivity contribution is 0.640. The van der Waals surface area contributed by atoms with Crippen molar-refractivity contribution >= 4 is 15.9 Å². The van der Waals surface area contributed by atoms with Crippen LogP contribution in [0, 0.1) is 6.92 Å². The van der Waals surface area contributed by atoms with E-state index in [-0.39, 0.29) is 0 Å². The Bertz CT molecular complexity index is 205. The van der Waals surface area contributed by atoms with E-state index in [1.165, 1.54) is 0 Å². The molecule has 0 fully saturated rings. The van der Waals surface area contributed by atoms with Crippen molar-refractivity contribution in [3.8, 4) is 0 Å². The van der Waals surface area contributed by atoms with Crippen molar-refractivity contribution in [1.29, 1.82) is 0 Å². The molecule has 0 aliphatic rings. The summed E-state index contributed by atoms with van der Waals surface area (Å²) in [7, 11) is 0. The molecule has 3 heteroatoms. The van der Waals surface area contributed by atoms with Gasteiger partial charge in [-0.2, -0.15) is 5.10 Å². The van der Waals surface area contributed by atoms with Crippen molar-refractivity contribution in [3.63, 3.8) is 0 Å². The second kappa shape index (κ2) is 2.52. The third-order valence-electron chi connectivity index (χ3n) is 1.15. The van der Waals surface area contributed by atoms with E-state index in [4.69, 9.17) is 0 Å². The first kappa shape index (κ1) is 6.81. The maximum Gasteiger partial charge on any atom is 0.104 e. The summed E-state index contributed by atoms with van der Waals surface area (Å²) in [5, 5.41) is 4.20. The van der Waals surface area contributed by atoms with Crippen LogP contribution in [0.4, 0.5) is 0 Å². The van der Waals surface area contributed by atoms with E-state index in [0.717, 1.165) is 16.8 Å². The first-order chi connectivity index (χ1) is 4.24. The van der Waals surface area contributed by atoms with Gasteiger partial charge in [-0.05, 0) is 35.8 Å². The van der Waals surface area contributed by atoms with Crippen molar-refractivity contribution in [3.05, 3.63) is 16.4 Å². The SMILES string of the molecule is CCn1nc(C)cc1Br. The maximum atomic E-state index is 4.20. The van der Waals surface area contributed by atoms with Crippen LogP contribution < -0.4 is 0 Å². The Morgan fingerprint density at radius 2 is 2.44 bits per heavy atom. The van der Waals surface area contributed by atoms with Gasteiger partial charge in [0.1, 0.15) is 4.60 Å². The van der Waals surface area contributed by atoms with Crippen molar-refractivity contribution in [2.45, 2.75) is 20.4 Å². The van der Waals surface area contributed by atoms with Crippen LogP contribution in [-0.4, -0.2) is 9.78 Å². The van der Waals surface area contributed by atoms with Crippen LogP contribution in [0.1, 0.15) is 12.6 Å². The molecule has 0 N–H and O–H groups in total. The van der Waals surface area contributed by atoms with E-state index in [9.17, 15) is 0 Å². The van der Waals surface area contributed by atoms with Crippen molar-refractivity contribution in [1.82, 2.24) is 9.78 Å². The number of hydrogen-bond acceptors (Lipinski definition) is 1. The third kappa shape index (κ3) is 1.33. The first-order valence-electron chi connectivity index (χ1n) is 2.94. The second-order valence-corrected chi connectivity index (χ2v) is 2.74. The summed E-state index contributed by atoms with van der Waals surface area (Å²) in [6.07, 6.45) is 0. The van der Waals surface area contributed by atoms with Crippen LogP contribution in [-0.2, 0) is 6.54 Å². The average Bonchev–Trinajstić information content (AvgIpc) is 2.10. The standard InChI is InChI=1S/C6H9BrN2/c1-3-9-6(7)4-5(2)8-9/h4H,3H2,1-2H3. The Balaban J connectivity index is 3.01. The Hall–Kier alpha value is -0.310. The largest absolute Gasteiger partial charge is 0.259 e. The molecule has 1 heterocycles. The third-order valence-corrected chi connectivity index (χ3v) is 1.79. The number of nitrogens with zero attached hydrogens (tertiary/aromatic N) is 2. The molecule has 0 saturated heterocycles. The zero-order valence-corrected chi connectivity index (χ0v) is 7.14. The highest BCUT2D eigenvalue weighted by Crippen LogP contribution is 2.10. The van der Waals surface area contributed by atoms with Gasteiger partial charge < -0.3 is 0 Å². The van der Waals surface area contributed by atoms with E-state index in [1.807, 2.05) is 17.7 Å². The van der Waals surface area contributed by atoms with E-state index >= 15 is 0 Å². The Morgan fingerprint density at radius 3 is 2.67 bits per heavy atom. The molecule has 0 unspecified atom stereocenters. The lowest BCUT2D eigenvalue weighted by atomic mass is 10.5. The summed E-state index contributed by atoms with van der Waals surface area (Å²) < 4.78 is 2.97. The molecule has 1 aromatic heterocycles. The van der Waals surface area contributed by atoms with Gasteiger partial charge in [0.05, 0.1) is 5.69 Å². The van der Waals surface area contributed by atoms with Crippen molar-refractivity contribution < 1.29 is 0 Å². The molecule has 0 aromatic carbocycles. The fraction of sp³-hybridized carbons (Fsp3) is 0.500. The fourth-order valence-electron chi connectivity index (χ4n) is 0.736. The van der Waals surface area contributed by atoms with Crippen molar-refractivity contribution in [2.24, 2.45) is 0 Å². The minimum atomic E-state index is 0.925. The number of aromatic nitrogens is 2. The molecule has 1 rings (SSSR count). The van der Waals surface area contributed by atoms with Crippen LogP contribution in [0.25, 0.3) is 0 Å². The lowest BCUT2D eigenvalue weighted by Crippen LogP contribution is -1.95. The quantitative estimate of drug-likeness (QED) is 0.660.